The Morgan fingerprint density at radius 2 is 1.33 bits per heavy atom. The fourth-order valence-electron chi connectivity index (χ4n) is 0.941. The average Bonchev–Trinajstić information content (AvgIpc) is 2.30. The molecule has 0 aromatic rings. The van der Waals surface area contributed by atoms with Crippen molar-refractivity contribution in [3.63, 3.8) is 0 Å². The lowest BCUT2D eigenvalue weighted by Gasteiger charge is -2.07. The van der Waals surface area contributed by atoms with Gasteiger partial charge in [-0.1, -0.05) is 0 Å². The van der Waals surface area contributed by atoms with Crippen LogP contribution >= 0.6 is 0 Å². The van der Waals surface area contributed by atoms with E-state index in [1.165, 1.54) is 0 Å². The van der Waals surface area contributed by atoms with Crippen LogP contribution in [0.15, 0.2) is 0 Å². The Hall–Kier alpha value is -1.79. The van der Waals surface area contributed by atoms with Crippen LogP contribution in [0.5, 0.6) is 0 Å². The lowest BCUT2D eigenvalue weighted by Crippen LogP contribution is -2.29. The second kappa shape index (κ2) is 2.10. The van der Waals surface area contributed by atoms with E-state index >= 15 is 0 Å². The fraction of sp³-hybridized carbons (Fsp3) is 0.400. The second-order valence-corrected chi connectivity index (χ2v) is 2.24. The molecular weight excluding hydrogens is 168 g/mol. The third-order valence-electron chi connectivity index (χ3n) is 1.49. The van der Waals surface area contributed by atoms with Crippen LogP contribution in [0, 0.1) is 0 Å². The Kier molecular flexibility index (Phi) is 1.20. The number of urea groups is 1. The Morgan fingerprint density at radius 3 is 1.75 bits per heavy atom. The molecule has 2 bridgehead atoms. The van der Waals surface area contributed by atoms with Gasteiger partial charge in [0.15, 0.2) is 0 Å². The van der Waals surface area contributed by atoms with E-state index in [1.54, 1.807) is 0 Å². The van der Waals surface area contributed by atoms with Gasteiger partial charge in [0.2, 0.25) is 0 Å². The van der Waals surface area contributed by atoms with Gasteiger partial charge in [0.05, 0.1) is 13.1 Å². The summed E-state index contributed by atoms with van der Waals surface area (Å²) in [5.74, 6) is -2.35. The number of hydrogen-bond donors (Lipinski definition) is 0. The molecule has 2 rings (SSSR count). The molecule has 0 atom stereocenters. The molecule has 0 radical (unpaired) electrons. The van der Waals surface area contributed by atoms with Crippen molar-refractivity contribution in [2.24, 2.45) is 0 Å². The average molecular weight is 172 g/mol. The van der Waals surface area contributed by atoms with Crippen LogP contribution in [-0.2, 0) is 19.3 Å². The lowest BCUT2D eigenvalue weighted by atomic mass is 10.6. The van der Waals surface area contributed by atoms with Gasteiger partial charge in [0.25, 0.3) is 0 Å². The van der Waals surface area contributed by atoms with E-state index in [0.29, 0.717) is 0 Å². The molecule has 2 amide bonds. The summed E-state index contributed by atoms with van der Waals surface area (Å²) in [6.07, 6.45) is 0. The lowest BCUT2D eigenvalue weighted by molar-refractivity contribution is -0.193. The van der Waals surface area contributed by atoms with E-state index in [-0.39, 0.29) is 13.1 Å². The van der Waals surface area contributed by atoms with Gasteiger partial charge in [-0.15, -0.1) is 10.1 Å². The molecule has 0 aromatic heterocycles. The Labute approximate surface area is 66.3 Å². The second-order valence-electron chi connectivity index (χ2n) is 2.24. The minimum Gasteiger partial charge on any atom is -0.325 e. The smallest absolute Gasteiger partial charge is 0.325 e. The Morgan fingerprint density at radius 1 is 0.917 bits per heavy atom. The SMILES string of the molecule is O=C1ON2CCN(OC1=O)C2=O. The quantitative estimate of drug-likeness (QED) is 0.422. The first-order chi connectivity index (χ1) is 5.68. The number of carbonyl (C=O) groups excluding carboxylic acids is 3. The van der Waals surface area contributed by atoms with Crippen molar-refractivity contribution in [1.29, 1.82) is 0 Å². The minimum absolute atomic E-state index is 0.220. The number of hydroxylamine groups is 4. The highest BCUT2D eigenvalue weighted by molar-refractivity contribution is 6.30. The first-order valence-electron chi connectivity index (χ1n) is 3.22. The molecule has 0 saturated carbocycles. The predicted octanol–water partition coefficient (Wildman–Crippen LogP) is -1.35. The molecule has 2 saturated heterocycles. The van der Waals surface area contributed by atoms with E-state index in [2.05, 4.69) is 9.68 Å². The molecule has 2 aliphatic heterocycles. The van der Waals surface area contributed by atoms with Crippen molar-refractivity contribution in [3.8, 4) is 0 Å². The van der Waals surface area contributed by atoms with Crippen LogP contribution < -0.4 is 0 Å². The molecule has 2 aliphatic rings. The molecule has 0 unspecified atom stereocenters. The Bertz CT molecular complexity index is 249. The molecule has 0 aromatic carbocycles. The summed E-state index contributed by atoms with van der Waals surface area (Å²) in [4.78, 5) is 41.0. The maximum absolute atomic E-state index is 11.0. The number of fused-ring (bicyclic) bond motifs is 2. The highest BCUT2D eigenvalue weighted by Crippen LogP contribution is 2.13. The van der Waals surface area contributed by atoms with Crippen LogP contribution in [0.3, 0.4) is 0 Å². The van der Waals surface area contributed by atoms with Gasteiger partial charge in [-0.3, -0.25) is 0 Å². The zero-order valence-corrected chi connectivity index (χ0v) is 5.85. The molecule has 0 spiro atoms. The fourth-order valence-corrected chi connectivity index (χ4v) is 0.941. The third-order valence-corrected chi connectivity index (χ3v) is 1.49. The van der Waals surface area contributed by atoms with Crippen molar-refractivity contribution >= 4 is 18.0 Å². The Balaban J connectivity index is 2.28. The summed E-state index contributed by atoms with van der Waals surface area (Å²) in [5.41, 5.74) is 0. The van der Waals surface area contributed by atoms with E-state index < -0.39 is 18.0 Å². The molecule has 12 heavy (non-hydrogen) atoms. The van der Waals surface area contributed by atoms with Crippen molar-refractivity contribution in [1.82, 2.24) is 10.1 Å². The van der Waals surface area contributed by atoms with Gasteiger partial charge in [0.1, 0.15) is 0 Å². The molecular formula is C5H4N2O5. The standard InChI is InChI=1S/C5H4N2O5/c8-3-4(9)12-7-2-1-6(11-3)5(7)10/h1-2H2. The van der Waals surface area contributed by atoms with Crippen molar-refractivity contribution in [2.75, 3.05) is 13.1 Å². The number of hydrogen-bond acceptors (Lipinski definition) is 5. The van der Waals surface area contributed by atoms with Crippen LogP contribution in [0.1, 0.15) is 0 Å². The van der Waals surface area contributed by atoms with Crippen LogP contribution in [0.2, 0.25) is 0 Å². The number of rotatable bonds is 0. The van der Waals surface area contributed by atoms with Gasteiger partial charge in [-0.25, -0.2) is 14.4 Å². The zero-order valence-electron chi connectivity index (χ0n) is 5.85. The van der Waals surface area contributed by atoms with Crippen LogP contribution in [0.25, 0.3) is 0 Å². The highest BCUT2D eigenvalue weighted by Gasteiger charge is 2.41. The summed E-state index contributed by atoms with van der Waals surface area (Å²) in [6.45, 7) is 0.440. The monoisotopic (exact) mass is 172 g/mol. The molecule has 64 valence electrons. The zero-order chi connectivity index (χ0) is 8.72. The van der Waals surface area contributed by atoms with Gasteiger partial charge in [0, 0.05) is 0 Å². The topological polar surface area (TPSA) is 76.2 Å². The normalized spacial score (nSPS) is 22.2. The first-order valence-corrected chi connectivity index (χ1v) is 3.22. The maximum atomic E-state index is 11.0. The summed E-state index contributed by atoms with van der Waals surface area (Å²) in [7, 11) is 0. The van der Waals surface area contributed by atoms with Gasteiger partial charge < -0.3 is 9.68 Å². The van der Waals surface area contributed by atoms with Crippen LogP contribution in [0.4, 0.5) is 4.79 Å². The maximum Gasteiger partial charge on any atom is 0.444 e. The summed E-state index contributed by atoms with van der Waals surface area (Å²) >= 11 is 0. The molecule has 0 aliphatic carbocycles. The highest BCUT2D eigenvalue weighted by atomic mass is 16.8. The van der Waals surface area contributed by atoms with Crippen LogP contribution in [-0.4, -0.2) is 41.2 Å². The first kappa shape index (κ1) is 6.89. The van der Waals surface area contributed by atoms with Gasteiger partial charge >= 0.3 is 18.0 Å². The molecule has 2 heterocycles. The number of nitrogens with zero attached hydrogens (tertiary/aromatic N) is 2. The number of carbonyl (C=O) groups is 3. The largest absolute Gasteiger partial charge is 0.444 e. The molecule has 7 heteroatoms. The van der Waals surface area contributed by atoms with E-state index in [0.717, 1.165) is 10.1 Å². The summed E-state index contributed by atoms with van der Waals surface area (Å²) < 4.78 is 0. The third kappa shape index (κ3) is 0.792. The predicted molar refractivity (Wildman–Crippen MR) is 31.0 cm³/mol. The van der Waals surface area contributed by atoms with E-state index in [9.17, 15) is 14.4 Å². The van der Waals surface area contributed by atoms with Gasteiger partial charge in [-0.2, -0.15) is 0 Å². The summed E-state index contributed by atoms with van der Waals surface area (Å²) in [5, 5.41) is 1.57. The van der Waals surface area contributed by atoms with E-state index in [1.807, 2.05) is 0 Å². The van der Waals surface area contributed by atoms with E-state index in [4.69, 9.17) is 0 Å². The molecule has 7 nitrogen and oxygen atoms in total. The molecule has 0 N–H and O–H groups in total. The number of amides is 2. The van der Waals surface area contributed by atoms with Crippen molar-refractivity contribution in [3.05, 3.63) is 0 Å². The van der Waals surface area contributed by atoms with Gasteiger partial charge in [-0.05, 0) is 0 Å². The minimum atomic E-state index is -1.18. The summed E-state index contributed by atoms with van der Waals surface area (Å²) in [6, 6.07) is -0.630. The van der Waals surface area contributed by atoms with Crippen molar-refractivity contribution < 1.29 is 24.1 Å². The van der Waals surface area contributed by atoms with Crippen molar-refractivity contribution in [2.45, 2.75) is 0 Å². The molecule has 2 fully saturated rings.